The second-order valence-corrected chi connectivity index (χ2v) is 9.03. The Morgan fingerprint density at radius 1 is 0.656 bits per heavy atom. The molecule has 0 radical (unpaired) electrons. The molecule has 0 saturated carbocycles. The zero-order valence-electron chi connectivity index (χ0n) is 17.2. The summed E-state index contributed by atoms with van der Waals surface area (Å²) in [6.45, 7) is 0. The molecule has 0 unspecified atom stereocenters. The third-order valence-electron chi connectivity index (χ3n) is 5.12. The summed E-state index contributed by atoms with van der Waals surface area (Å²) < 4.78 is 1.26. The number of nitrogens with one attached hydrogen (secondary N) is 2. The van der Waals surface area contributed by atoms with Crippen LogP contribution in [0.4, 0.5) is 0 Å². The summed E-state index contributed by atoms with van der Waals surface area (Å²) in [7, 11) is 0. The van der Waals surface area contributed by atoms with Crippen LogP contribution >= 0.6 is 11.3 Å². The number of aromatic nitrogens is 2. The van der Waals surface area contributed by atoms with Crippen LogP contribution in [-0.4, -0.2) is 10.1 Å². The Hall–Kier alpha value is -2.95. The van der Waals surface area contributed by atoms with Gasteiger partial charge in [0.1, 0.15) is 4.70 Å². The smallest absolute Gasteiger partial charge is 0.779 e. The summed E-state index contributed by atoms with van der Waals surface area (Å²) >= 11 is 12.4. The Balaban J connectivity index is 0.000000149. The number of pyridine rings is 1. The van der Waals surface area contributed by atoms with Crippen LogP contribution < -0.4 is 9.97 Å². The van der Waals surface area contributed by atoms with Gasteiger partial charge in [-0.05, 0) is 29.7 Å². The average molecular weight is 464 g/mol. The number of rotatable bonds is 1. The summed E-state index contributed by atoms with van der Waals surface area (Å²) in [5.41, 5.74) is 3.40. The fourth-order valence-corrected chi connectivity index (χ4v) is 5.29. The van der Waals surface area contributed by atoms with Crippen LogP contribution in [0, 0.1) is 0 Å². The van der Waals surface area contributed by atoms with E-state index in [1.165, 1.54) is 21.0 Å². The molecule has 0 aliphatic rings. The van der Waals surface area contributed by atoms with Gasteiger partial charge in [0, 0.05) is 28.5 Å². The summed E-state index contributed by atoms with van der Waals surface area (Å²) in [5.74, 6) is 0. The molecule has 6 aromatic rings. The molecule has 4 aromatic carbocycles. The first-order valence-electron chi connectivity index (χ1n) is 9.87. The largest absolute Gasteiger partial charge is 2.00 e. The van der Waals surface area contributed by atoms with Crippen LogP contribution in [0.15, 0.2) is 107 Å². The van der Waals surface area contributed by atoms with Crippen molar-refractivity contribution in [1.82, 2.24) is 0 Å². The Kier molecular flexibility index (Phi) is 6.73. The quantitative estimate of drug-likeness (QED) is 0.180. The first-order chi connectivity index (χ1) is 15.2. The number of para-hydroxylation sites is 1. The summed E-state index contributed by atoms with van der Waals surface area (Å²) in [5, 5.41) is 4.66. The average Bonchev–Trinajstić information content (AvgIpc) is 3.24. The monoisotopic (exact) mass is 463 g/mol. The van der Waals surface area contributed by atoms with Gasteiger partial charge in [0.25, 0.3) is 5.01 Å². The van der Waals surface area contributed by atoms with Crippen molar-refractivity contribution in [1.29, 1.82) is 0 Å². The molecule has 2 N–H and O–H groups in total. The van der Waals surface area contributed by atoms with Gasteiger partial charge in [-0.25, -0.2) is 4.98 Å². The minimum absolute atomic E-state index is 0. The van der Waals surface area contributed by atoms with Crippen molar-refractivity contribution in [2.45, 2.75) is 9.79 Å². The van der Waals surface area contributed by atoms with Crippen molar-refractivity contribution in [3.05, 3.63) is 97.2 Å². The van der Waals surface area contributed by atoms with E-state index >= 15 is 0 Å². The van der Waals surface area contributed by atoms with Gasteiger partial charge in [0.2, 0.25) is 11.0 Å². The van der Waals surface area contributed by atoms with Crippen LogP contribution in [0.5, 0.6) is 0 Å². The van der Waals surface area contributed by atoms with E-state index in [2.05, 4.69) is 58.5 Å². The molecule has 0 saturated heterocycles. The second kappa shape index (κ2) is 9.68. The molecule has 0 aliphatic heterocycles. The van der Waals surface area contributed by atoms with Gasteiger partial charge in [-0.2, -0.15) is 14.8 Å². The normalized spacial score (nSPS) is 10.5. The van der Waals surface area contributed by atoms with E-state index in [9.17, 15) is 0 Å². The number of hydrogen-bond donors (Lipinski definition) is 0. The number of benzene rings is 4. The van der Waals surface area contributed by atoms with E-state index in [1.54, 1.807) is 11.3 Å². The van der Waals surface area contributed by atoms with Gasteiger partial charge in [-0.1, -0.05) is 65.9 Å². The zero-order chi connectivity index (χ0) is 21.2. The molecule has 0 amide bonds. The maximum atomic E-state index is 5.36. The minimum atomic E-state index is 0. The Morgan fingerprint density at radius 2 is 1.38 bits per heavy atom. The molecule has 0 spiro atoms. The number of aromatic amines is 2. The fraction of sp³-hybridized carbons (Fsp3) is 0. The van der Waals surface area contributed by atoms with E-state index in [-0.39, 0.29) is 10.1 Å². The van der Waals surface area contributed by atoms with Crippen molar-refractivity contribution < 1.29 is 9.97 Å². The second-order valence-electron chi connectivity index (χ2n) is 7.10. The summed E-state index contributed by atoms with van der Waals surface area (Å²) in [6, 6.07) is 30.7. The van der Waals surface area contributed by atoms with Crippen molar-refractivity contribution in [2.24, 2.45) is 0 Å². The molecule has 0 fully saturated rings. The molecule has 150 valence electrons. The maximum absolute atomic E-state index is 5.36. The molecule has 0 aliphatic carbocycles. The predicted molar refractivity (Wildman–Crippen MR) is 139 cm³/mol. The van der Waals surface area contributed by atoms with Crippen LogP contribution in [0.1, 0.15) is 0 Å². The van der Waals surface area contributed by atoms with Gasteiger partial charge < -0.3 is 25.3 Å². The molecule has 0 atom stereocenters. The number of fused-ring (bicyclic) bond motifs is 4. The Bertz CT molecular complexity index is 1500. The predicted octanol–water partition coefficient (Wildman–Crippen LogP) is 5.62. The van der Waals surface area contributed by atoms with E-state index in [4.69, 9.17) is 25.3 Å². The molecule has 2 aromatic heterocycles. The number of hydrogen-bond acceptors (Lipinski definition) is 3. The van der Waals surface area contributed by atoms with Gasteiger partial charge >= 0.3 is 10.1 Å². The van der Waals surface area contributed by atoms with Gasteiger partial charge in [-0.3, -0.25) is 0 Å². The van der Waals surface area contributed by atoms with Gasteiger partial charge in [0.05, 0.1) is 0 Å². The van der Waals surface area contributed by atoms with Crippen molar-refractivity contribution in [3.8, 4) is 10.6 Å². The van der Waals surface area contributed by atoms with E-state index in [0.717, 1.165) is 31.3 Å². The molecule has 32 heavy (non-hydrogen) atoms. The first-order valence-corrected chi connectivity index (χ1v) is 11.5. The molecular formula is C26H18BeN2S3+2. The fourth-order valence-electron chi connectivity index (χ4n) is 3.63. The number of thiazole rings is 1. The van der Waals surface area contributed by atoms with E-state index in [1.807, 2.05) is 48.7 Å². The van der Waals surface area contributed by atoms with Crippen LogP contribution in [0.25, 0.3) is 42.5 Å². The van der Waals surface area contributed by atoms with Crippen LogP contribution in [-0.2, 0) is 25.3 Å². The Morgan fingerprint density at radius 3 is 2.22 bits per heavy atom. The third kappa shape index (κ3) is 4.34. The molecule has 0 bridgehead atoms. The maximum Gasteiger partial charge on any atom is 2.00 e. The third-order valence-corrected chi connectivity index (χ3v) is 6.92. The molecule has 2 nitrogen and oxygen atoms in total. The molecule has 2 heterocycles. The molecule has 6 rings (SSSR count). The van der Waals surface area contributed by atoms with E-state index in [0.29, 0.717) is 0 Å². The molecular weight excluding hydrogens is 446 g/mol. The van der Waals surface area contributed by atoms with Crippen molar-refractivity contribution >= 4 is 78.6 Å². The zero-order valence-corrected chi connectivity index (χ0v) is 19.6. The first kappa shape index (κ1) is 22.3. The van der Waals surface area contributed by atoms with Gasteiger partial charge in [0.15, 0.2) is 6.20 Å². The van der Waals surface area contributed by atoms with Crippen molar-refractivity contribution in [2.75, 3.05) is 0 Å². The topological polar surface area (TPSA) is 28.3 Å². The molecule has 6 heteroatoms. The standard InChI is InChI=1S/C13H9NS2.C13H9NS.Be/c15-11-7-3-1-5-9(11)13-14-10-6-2-4-8-12(10)16-13;15-11-5-1-3-9-6-7-10-4-2-8-14-13(10)12(9)11;/h1-8,15H;1-8,15H;/q;;+2. The SMILES string of the molecule is [Be+2].[S-]c1cccc2ccc3ccc[nH+]c3c12.[S-]c1ccccc1-c1[nH+]c2ccccc2s1. The van der Waals surface area contributed by atoms with Gasteiger partial charge in [-0.15, -0.1) is 0 Å². The summed E-state index contributed by atoms with van der Waals surface area (Å²) in [4.78, 5) is 8.47. The van der Waals surface area contributed by atoms with Crippen LogP contribution in [0.3, 0.4) is 0 Å². The van der Waals surface area contributed by atoms with Crippen LogP contribution in [0.2, 0.25) is 0 Å². The number of H-pyrrole nitrogens is 2. The minimum Gasteiger partial charge on any atom is -0.779 e. The summed E-state index contributed by atoms with van der Waals surface area (Å²) in [6.07, 6.45) is 1.93. The van der Waals surface area contributed by atoms with E-state index < -0.39 is 0 Å². The van der Waals surface area contributed by atoms with Crippen molar-refractivity contribution in [3.63, 3.8) is 0 Å². The Labute approximate surface area is 205 Å².